The van der Waals surface area contributed by atoms with E-state index in [1.807, 2.05) is 13.0 Å². The molecule has 0 radical (unpaired) electrons. The van der Waals surface area contributed by atoms with Crippen molar-refractivity contribution in [1.82, 2.24) is 20.0 Å². The van der Waals surface area contributed by atoms with Crippen molar-refractivity contribution >= 4 is 17.4 Å². The van der Waals surface area contributed by atoms with Crippen LogP contribution in [0.1, 0.15) is 5.69 Å². The number of rotatable bonds is 5. The van der Waals surface area contributed by atoms with Gasteiger partial charge in [0.2, 0.25) is 5.88 Å². The summed E-state index contributed by atoms with van der Waals surface area (Å²) in [5.41, 5.74) is 1.18. The van der Waals surface area contributed by atoms with Crippen LogP contribution in [0.2, 0.25) is 0 Å². The van der Waals surface area contributed by atoms with E-state index in [9.17, 15) is 13.6 Å². The third kappa shape index (κ3) is 4.99. The predicted molar refractivity (Wildman–Crippen MR) is 109 cm³/mol. The van der Waals surface area contributed by atoms with E-state index < -0.39 is 17.7 Å². The molecule has 0 bridgehead atoms. The zero-order valence-corrected chi connectivity index (χ0v) is 16.2. The molecule has 4 rings (SSSR count). The third-order valence-electron chi connectivity index (χ3n) is 4.10. The molecule has 0 saturated heterocycles. The minimum atomic E-state index is -0.867. The minimum Gasteiger partial charge on any atom is -0.438 e. The Balaban J connectivity index is 1.35. The van der Waals surface area contributed by atoms with Gasteiger partial charge in [0.05, 0.1) is 11.4 Å². The van der Waals surface area contributed by atoms with Crippen molar-refractivity contribution in [2.45, 2.75) is 6.92 Å². The highest BCUT2D eigenvalue weighted by molar-refractivity contribution is 5.99. The summed E-state index contributed by atoms with van der Waals surface area (Å²) in [6.45, 7) is 1.88. The van der Waals surface area contributed by atoms with Crippen molar-refractivity contribution in [3.8, 4) is 17.4 Å². The van der Waals surface area contributed by atoms with Crippen LogP contribution < -0.4 is 15.4 Å². The molecular weight excluding hydrogens is 406 g/mol. The van der Waals surface area contributed by atoms with Gasteiger partial charge in [0.1, 0.15) is 17.4 Å². The number of carbonyl (C=O) groups excluding carboxylic acids is 1. The summed E-state index contributed by atoms with van der Waals surface area (Å²) in [6, 6.07) is 13.9. The van der Waals surface area contributed by atoms with Crippen LogP contribution in [0, 0.1) is 18.6 Å². The lowest BCUT2D eigenvalue weighted by Gasteiger charge is -2.09. The number of urea groups is 1. The van der Waals surface area contributed by atoms with E-state index in [2.05, 4.69) is 25.9 Å². The summed E-state index contributed by atoms with van der Waals surface area (Å²) in [5.74, 6) is -0.266. The molecule has 2 N–H and O–H groups in total. The van der Waals surface area contributed by atoms with Crippen molar-refractivity contribution in [3.63, 3.8) is 0 Å². The first-order valence-electron chi connectivity index (χ1n) is 9.14. The Morgan fingerprint density at radius 2 is 1.77 bits per heavy atom. The Labute approximate surface area is 175 Å². The summed E-state index contributed by atoms with van der Waals surface area (Å²) in [5, 5.41) is 17.2. The van der Waals surface area contributed by atoms with Gasteiger partial charge in [-0.25, -0.2) is 18.3 Å². The zero-order chi connectivity index (χ0) is 21.8. The van der Waals surface area contributed by atoms with Crippen LogP contribution in [0.3, 0.4) is 0 Å². The Bertz CT molecular complexity index is 1210. The molecule has 8 nitrogen and oxygen atoms in total. The van der Waals surface area contributed by atoms with Crippen LogP contribution in [0.15, 0.2) is 66.9 Å². The Kier molecular flexibility index (Phi) is 5.52. The number of amides is 2. The summed E-state index contributed by atoms with van der Waals surface area (Å²) in [4.78, 5) is 12.0. The average Bonchev–Trinajstić information content (AvgIpc) is 3.18. The van der Waals surface area contributed by atoms with E-state index in [0.29, 0.717) is 23.3 Å². The zero-order valence-electron chi connectivity index (χ0n) is 16.2. The fourth-order valence-electron chi connectivity index (χ4n) is 2.63. The standard InChI is InChI=1S/C21H16F2N6O2/c1-13-10-11-29(28-13)19-8-9-20(27-26-19)31-16-5-3-15(4-6-16)24-21(30)25-18-7-2-14(22)12-17(18)23/h2-12H,1H3,(H2,24,25,30). The maximum atomic E-state index is 13.6. The normalized spacial score (nSPS) is 10.5. The van der Waals surface area contributed by atoms with Gasteiger partial charge in [0, 0.05) is 24.0 Å². The second-order valence-electron chi connectivity index (χ2n) is 6.46. The first kappa shape index (κ1) is 20.0. The van der Waals surface area contributed by atoms with Gasteiger partial charge in [-0.15, -0.1) is 10.2 Å². The lowest BCUT2D eigenvalue weighted by atomic mass is 10.3. The fourth-order valence-corrected chi connectivity index (χ4v) is 2.63. The first-order valence-corrected chi connectivity index (χ1v) is 9.14. The SMILES string of the molecule is Cc1ccn(-c2ccc(Oc3ccc(NC(=O)Nc4ccc(F)cc4F)cc3)nn2)n1. The van der Waals surface area contributed by atoms with E-state index in [1.54, 1.807) is 47.3 Å². The van der Waals surface area contributed by atoms with Gasteiger partial charge in [0.15, 0.2) is 5.82 Å². The fraction of sp³-hybridized carbons (Fsp3) is 0.0476. The second kappa shape index (κ2) is 8.57. The van der Waals surface area contributed by atoms with Gasteiger partial charge < -0.3 is 15.4 Å². The average molecular weight is 422 g/mol. The highest BCUT2D eigenvalue weighted by Gasteiger charge is 2.09. The van der Waals surface area contributed by atoms with Crippen molar-refractivity contribution < 1.29 is 18.3 Å². The molecule has 4 aromatic rings. The summed E-state index contributed by atoms with van der Waals surface area (Å²) in [7, 11) is 0. The van der Waals surface area contributed by atoms with Crippen molar-refractivity contribution in [3.05, 3.63) is 84.2 Å². The minimum absolute atomic E-state index is 0.133. The molecule has 31 heavy (non-hydrogen) atoms. The summed E-state index contributed by atoms with van der Waals surface area (Å²) < 4.78 is 33.8. The Morgan fingerprint density at radius 1 is 0.968 bits per heavy atom. The number of aryl methyl sites for hydroxylation is 1. The maximum Gasteiger partial charge on any atom is 0.323 e. The van der Waals surface area contributed by atoms with Crippen LogP contribution in [0.5, 0.6) is 11.6 Å². The number of hydrogen-bond donors (Lipinski definition) is 2. The smallest absolute Gasteiger partial charge is 0.323 e. The maximum absolute atomic E-state index is 13.6. The summed E-state index contributed by atoms with van der Waals surface area (Å²) >= 11 is 0. The molecule has 2 aromatic carbocycles. The highest BCUT2D eigenvalue weighted by Crippen LogP contribution is 2.22. The van der Waals surface area contributed by atoms with E-state index >= 15 is 0 Å². The Morgan fingerprint density at radius 3 is 2.42 bits per heavy atom. The predicted octanol–water partition coefficient (Wildman–Crippen LogP) is 4.69. The van der Waals surface area contributed by atoms with Crippen molar-refractivity contribution in [1.29, 1.82) is 0 Å². The molecule has 0 aliphatic heterocycles. The van der Waals surface area contributed by atoms with Crippen molar-refractivity contribution in [2.75, 3.05) is 10.6 Å². The van der Waals surface area contributed by atoms with Crippen LogP contribution in [0.4, 0.5) is 25.0 Å². The van der Waals surface area contributed by atoms with Gasteiger partial charge in [-0.05, 0) is 55.5 Å². The largest absolute Gasteiger partial charge is 0.438 e. The number of benzene rings is 2. The lowest BCUT2D eigenvalue weighted by Crippen LogP contribution is -2.20. The molecule has 0 saturated carbocycles. The van der Waals surface area contributed by atoms with Gasteiger partial charge in [-0.1, -0.05) is 0 Å². The number of carbonyl (C=O) groups is 1. The van der Waals surface area contributed by atoms with E-state index in [1.165, 1.54) is 0 Å². The summed E-state index contributed by atoms with van der Waals surface area (Å²) in [6.07, 6.45) is 1.78. The first-order chi connectivity index (χ1) is 15.0. The quantitative estimate of drug-likeness (QED) is 0.487. The molecular formula is C21H16F2N6O2. The molecule has 10 heteroatoms. The van der Waals surface area contributed by atoms with E-state index in [0.717, 1.165) is 17.8 Å². The second-order valence-corrected chi connectivity index (χ2v) is 6.46. The van der Waals surface area contributed by atoms with Crippen LogP contribution >= 0.6 is 0 Å². The van der Waals surface area contributed by atoms with Gasteiger partial charge in [0.25, 0.3) is 0 Å². The van der Waals surface area contributed by atoms with Gasteiger partial charge >= 0.3 is 6.03 Å². The Hall–Kier alpha value is -4.34. The van der Waals surface area contributed by atoms with Crippen molar-refractivity contribution in [2.24, 2.45) is 0 Å². The van der Waals surface area contributed by atoms with Crippen LogP contribution in [0.25, 0.3) is 5.82 Å². The number of nitrogens with one attached hydrogen (secondary N) is 2. The number of anilines is 2. The number of halogens is 2. The lowest BCUT2D eigenvalue weighted by molar-refractivity contribution is 0.262. The molecule has 0 spiro atoms. The van der Waals surface area contributed by atoms with Gasteiger partial charge in [-0.3, -0.25) is 0 Å². The molecule has 2 amide bonds. The molecule has 2 aromatic heterocycles. The topological polar surface area (TPSA) is 94.0 Å². The molecule has 2 heterocycles. The van der Waals surface area contributed by atoms with Crippen LogP contribution in [-0.4, -0.2) is 26.0 Å². The molecule has 0 atom stereocenters. The van der Waals surface area contributed by atoms with Gasteiger partial charge in [-0.2, -0.15) is 5.10 Å². The molecule has 0 unspecified atom stereocenters. The number of nitrogens with zero attached hydrogens (tertiary/aromatic N) is 4. The van der Waals surface area contributed by atoms with E-state index in [-0.39, 0.29) is 11.6 Å². The number of aromatic nitrogens is 4. The van der Waals surface area contributed by atoms with Crippen LogP contribution in [-0.2, 0) is 0 Å². The molecule has 156 valence electrons. The molecule has 0 aliphatic carbocycles. The number of hydrogen-bond acceptors (Lipinski definition) is 5. The highest BCUT2D eigenvalue weighted by atomic mass is 19.1. The van der Waals surface area contributed by atoms with E-state index in [4.69, 9.17) is 4.74 Å². The molecule has 0 aliphatic rings. The monoisotopic (exact) mass is 422 g/mol. The third-order valence-corrected chi connectivity index (χ3v) is 4.10. The molecule has 0 fully saturated rings. The number of ether oxygens (including phenoxy) is 1.